The average Bonchev–Trinajstić information content (AvgIpc) is 3.22. The van der Waals surface area contributed by atoms with Crippen LogP contribution in [0, 0.1) is 17.5 Å². The molecule has 0 amide bonds. The van der Waals surface area contributed by atoms with Crippen LogP contribution < -0.4 is 15.8 Å². The van der Waals surface area contributed by atoms with Gasteiger partial charge in [0.1, 0.15) is 22.9 Å². The number of hydroxylamine groups is 1. The number of aryl methyl sites for hydroxylation is 1. The summed E-state index contributed by atoms with van der Waals surface area (Å²) in [6, 6.07) is 4.56. The number of pyridine rings is 1. The van der Waals surface area contributed by atoms with Crippen molar-refractivity contribution in [3.8, 4) is 5.88 Å². The lowest BCUT2D eigenvalue weighted by Crippen LogP contribution is -2.52. The number of aromatic nitrogens is 2. The van der Waals surface area contributed by atoms with Crippen LogP contribution in [0.1, 0.15) is 24.2 Å². The molecule has 5 rings (SSSR count). The maximum atomic E-state index is 16.0. The molecular weight excluding hydrogens is 603 g/mol. The number of thiocarbonyl (C=S) groups is 1. The fourth-order valence-electron chi connectivity index (χ4n) is 5.50. The van der Waals surface area contributed by atoms with Crippen molar-refractivity contribution in [3.05, 3.63) is 63.7 Å². The van der Waals surface area contributed by atoms with Crippen molar-refractivity contribution in [1.29, 1.82) is 0 Å². The van der Waals surface area contributed by atoms with E-state index in [4.69, 9.17) is 12.2 Å². The van der Waals surface area contributed by atoms with Crippen LogP contribution in [0.4, 0.5) is 24.5 Å². The molecule has 0 spiro atoms. The molecule has 232 valence electrons. The number of fused-ring (bicyclic) bond motifs is 2. The van der Waals surface area contributed by atoms with Gasteiger partial charge >= 0.3 is 5.97 Å². The topological polar surface area (TPSA) is 137 Å². The quantitative estimate of drug-likeness (QED) is 0.153. The first-order chi connectivity index (χ1) is 21.0. The van der Waals surface area contributed by atoms with Gasteiger partial charge in [0, 0.05) is 43.8 Å². The average molecular weight is 632 g/mol. The lowest BCUT2D eigenvalue weighted by Gasteiger charge is -2.41. The molecule has 16 heteroatoms. The van der Waals surface area contributed by atoms with E-state index in [0.717, 1.165) is 12.3 Å². The highest BCUT2D eigenvalue weighted by molar-refractivity contribution is 7.80. The second-order valence-corrected chi connectivity index (χ2v) is 10.6. The number of aromatic hydroxyl groups is 1. The molecular formula is C28H28F3N7O5S. The van der Waals surface area contributed by atoms with Crippen molar-refractivity contribution in [1.82, 2.24) is 19.5 Å². The van der Waals surface area contributed by atoms with Gasteiger partial charge in [-0.2, -0.15) is 0 Å². The Morgan fingerprint density at radius 1 is 1.20 bits per heavy atom. The predicted octanol–water partition coefficient (Wildman–Crippen LogP) is 4.49. The molecule has 0 radical (unpaired) electrons. The van der Waals surface area contributed by atoms with E-state index in [1.807, 2.05) is 11.8 Å². The predicted molar refractivity (Wildman–Crippen MR) is 160 cm³/mol. The second kappa shape index (κ2) is 12.2. The summed E-state index contributed by atoms with van der Waals surface area (Å²) in [6.45, 7) is 4.47. The first-order valence-corrected chi connectivity index (χ1v) is 13.9. The zero-order valence-electron chi connectivity index (χ0n) is 23.8. The van der Waals surface area contributed by atoms with Gasteiger partial charge in [0.25, 0.3) is 0 Å². The zero-order valence-corrected chi connectivity index (χ0v) is 24.7. The van der Waals surface area contributed by atoms with E-state index >= 15 is 8.78 Å². The second-order valence-electron chi connectivity index (χ2n) is 10.2. The Morgan fingerprint density at radius 2 is 1.95 bits per heavy atom. The maximum Gasteiger partial charge on any atom is 0.341 e. The number of piperazine rings is 1. The standard InChI is InChI=1S/C28H28F3N7O5S/c1-4-35-12-18(27(41)42)25(39)17-10-19(30)24(21(31)23(17)35)36-7-8-37(14(2)11-36)13-38-20-6-5-15(29)9-16(20)22(26(38)40)32-33-28(44)34-43-3/h5-6,9-10,12,14,40H,4,7-8,11,13H2,1-3H3,(H,34,44)(H,41,42). The molecule has 0 aliphatic carbocycles. The van der Waals surface area contributed by atoms with Gasteiger partial charge in [-0.3, -0.25) is 19.1 Å². The van der Waals surface area contributed by atoms with E-state index in [2.05, 4.69) is 20.5 Å². The van der Waals surface area contributed by atoms with E-state index in [1.165, 1.54) is 39.3 Å². The van der Waals surface area contributed by atoms with Gasteiger partial charge in [0.15, 0.2) is 11.5 Å². The number of halogens is 3. The van der Waals surface area contributed by atoms with Crippen molar-refractivity contribution in [2.75, 3.05) is 31.6 Å². The Labute approximate surface area is 253 Å². The molecule has 1 fully saturated rings. The third-order valence-electron chi connectivity index (χ3n) is 7.61. The molecule has 1 aliphatic heterocycles. The Kier molecular flexibility index (Phi) is 8.58. The SMILES string of the molecule is CCn1cc(C(=O)O)c(=O)c2cc(F)c(N3CCN(Cn4c(O)c(N=NC(=S)NOC)c5cc(F)ccc54)C(C)C3)c(F)c21. The molecule has 1 saturated heterocycles. The number of carbonyl (C=O) groups is 1. The fourth-order valence-corrected chi connectivity index (χ4v) is 5.62. The van der Waals surface area contributed by atoms with Gasteiger partial charge in [-0.25, -0.2) is 23.4 Å². The number of rotatable bonds is 7. The minimum atomic E-state index is -1.48. The molecule has 12 nitrogen and oxygen atoms in total. The van der Waals surface area contributed by atoms with Crippen LogP contribution >= 0.6 is 12.2 Å². The highest BCUT2D eigenvalue weighted by Gasteiger charge is 2.31. The van der Waals surface area contributed by atoms with Crippen LogP contribution in [-0.2, 0) is 18.1 Å². The van der Waals surface area contributed by atoms with Gasteiger partial charge in [-0.15, -0.1) is 10.2 Å². The van der Waals surface area contributed by atoms with Crippen LogP contribution in [-0.4, -0.2) is 68.1 Å². The molecule has 0 saturated carbocycles. The molecule has 44 heavy (non-hydrogen) atoms. The first-order valence-electron chi connectivity index (χ1n) is 13.5. The zero-order chi connectivity index (χ0) is 31.9. The lowest BCUT2D eigenvalue weighted by atomic mass is 10.1. The number of anilines is 1. The molecule has 1 aliphatic rings. The highest BCUT2D eigenvalue weighted by atomic mass is 32.1. The number of nitrogens with one attached hydrogen (secondary N) is 1. The van der Waals surface area contributed by atoms with Crippen molar-refractivity contribution in [3.63, 3.8) is 0 Å². The van der Waals surface area contributed by atoms with Crippen molar-refractivity contribution >= 4 is 56.5 Å². The third kappa shape index (κ3) is 5.46. The van der Waals surface area contributed by atoms with E-state index in [1.54, 1.807) is 6.92 Å². The minimum Gasteiger partial charge on any atom is -0.493 e. The summed E-state index contributed by atoms with van der Waals surface area (Å²) >= 11 is 4.96. The number of azo groups is 1. The number of aromatic carboxylic acids is 1. The van der Waals surface area contributed by atoms with Crippen LogP contribution in [0.15, 0.2) is 45.5 Å². The first kappa shape index (κ1) is 30.9. The summed E-state index contributed by atoms with van der Waals surface area (Å²) in [5.74, 6) is -4.25. The number of hydrogen-bond acceptors (Lipinski definition) is 8. The number of nitrogens with zero attached hydrogens (tertiary/aromatic N) is 6. The van der Waals surface area contributed by atoms with Crippen molar-refractivity contribution < 1.29 is 33.0 Å². The van der Waals surface area contributed by atoms with Crippen LogP contribution in [0.25, 0.3) is 21.8 Å². The van der Waals surface area contributed by atoms with Gasteiger partial charge in [-0.1, -0.05) is 0 Å². The number of hydrogen-bond donors (Lipinski definition) is 3. The minimum absolute atomic E-state index is 0.000579. The summed E-state index contributed by atoms with van der Waals surface area (Å²) < 4.78 is 48.4. The molecule has 3 N–H and O–H groups in total. The summed E-state index contributed by atoms with van der Waals surface area (Å²) in [6.07, 6.45) is 1.06. The normalized spacial score (nSPS) is 16.0. The van der Waals surface area contributed by atoms with Gasteiger partial charge < -0.3 is 19.7 Å². The third-order valence-corrected chi connectivity index (χ3v) is 7.77. The monoisotopic (exact) mass is 631 g/mol. The largest absolute Gasteiger partial charge is 0.493 e. The molecule has 1 atom stereocenters. The smallest absolute Gasteiger partial charge is 0.341 e. The number of carboxylic acids is 1. The van der Waals surface area contributed by atoms with Gasteiger partial charge in [0.05, 0.1) is 30.2 Å². The molecule has 2 aromatic carbocycles. The van der Waals surface area contributed by atoms with E-state index in [0.29, 0.717) is 17.4 Å². The molecule has 0 bridgehead atoms. The van der Waals surface area contributed by atoms with Crippen LogP contribution in [0.5, 0.6) is 5.88 Å². The van der Waals surface area contributed by atoms with E-state index < -0.39 is 34.4 Å². The molecule has 2 aromatic heterocycles. The Balaban J connectivity index is 1.45. The summed E-state index contributed by atoms with van der Waals surface area (Å²) in [7, 11) is 1.34. The lowest BCUT2D eigenvalue weighted by molar-refractivity contribution is 0.0694. The number of benzene rings is 2. The molecule has 1 unspecified atom stereocenters. The highest BCUT2D eigenvalue weighted by Crippen LogP contribution is 2.40. The van der Waals surface area contributed by atoms with Crippen LogP contribution in [0.2, 0.25) is 0 Å². The molecule has 3 heterocycles. The van der Waals surface area contributed by atoms with Crippen molar-refractivity contribution in [2.45, 2.75) is 33.1 Å². The van der Waals surface area contributed by atoms with Crippen LogP contribution in [0.3, 0.4) is 0 Å². The number of carboxylic acid groups (broad SMARTS) is 1. The van der Waals surface area contributed by atoms with E-state index in [9.17, 15) is 24.2 Å². The van der Waals surface area contributed by atoms with Crippen molar-refractivity contribution in [2.24, 2.45) is 10.2 Å². The summed E-state index contributed by atoms with van der Waals surface area (Å²) in [5.41, 5.74) is 0.771. The summed E-state index contributed by atoms with van der Waals surface area (Å²) in [5, 5.41) is 28.1. The maximum absolute atomic E-state index is 16.0. The Morgan fingerprint density at radius 3 is 2.61 bits per heavy atom. The fraction of sp³-hybridized carbons (Fsp3) is 0.321. The molecule has 4 aromatic rings. The summed E-state index contributed by atoms with van der Waals surface area (Å²) in [4.78, 5) is 32.5. The Bertz CT molecular complexity index is 1890. The van der Waals surface area contributed by atoms with Gasteiger partial charge in [0.2, 0.25) is 16.4 Å². The Hall–Kier alpha value is -4.54. The van der Waals surface area contributed by atoms with E-state index in [-0.39, 0.29) is 65.6 Å². The van der Waals surface area contributed by atoms with Gasteiger partial charge in [-0.05, 0) is 50.3 Å².